The minimum atomic E-state index is -4.27. The van der Waals surface area contributed by atoms with Gasteiger partial charge in [-0.1, -0.05) is 78.4 Å². The summed E-state index contributed by atoms with van der Waals surface area (Å²) in [4.78, 5) is 29.0. The van der Waals surface area contributed by atoms with E-state index < -0.39 is 34.3 Å². The van der Waals surface area contributed by atoms with E-state index in [2.05, 4.69) is 5.32 Å². The molecule has 4 rings (SSSR count). The molecule has 0 aliphatic heterocycles. The van der Waals surface area contributed by atoms with Crippen molar-refractivity contribution in [1.82, 2.24) is 10.2 Å². The molecule has 0 spiro atoms. The highest BCUT2D eigenvalue weighted by atomic mass is 32.2. The third-order valence-corrected chi connectivity index (χ3v) is 8.61. The van der Waals surface area contributed by atoms with Crippen molar-refractivity contribution in [2.75, 3.05) is 17.4 Å². The van der Waals surface area contributed by atoms with Crippen LogP contribution in [0, 0.1) is 12.7 Å². The molecule has 0 radical (unpaired) electrons. The minimum absolute atomic E-state index is 0.0903. The van der Waals surface area contributed by atoms with Crippen LogP contribution in [-0.2, 0) is 32.6 Å². The van der Waals surface area contributed by atoms with Crippen LogP contribution >= 0.6 is 0 Å². The van der Waals surface area contributed by atoms with E-state index in [-0.39, 0.29) is 29.5 Å². The Kier molecular flexibility index (Phi) is 10.1. The minimum Gasteiger partial charge on any atom is -0.355 e. The molecular formula is C33H34FN3O4S. The van der Waals surface area contributed by atoms with Gasteiger partial charge in [-0.15, -0.1) is 0 Å². The van der Waals surface area contributed by atoms with Gasteiger partial charge in [0.15, 0.2) is 0 Å². The van der Waals surface area contributed by atoms with E-state index in [0.29, 0.717) is 6.54 Å². The number of carbonyl (C=O) groups excluding carboxylic acids is 2. The molecule has 0 saturated heterocycles. The molecule has 0 aliphatic rings. The van der Waals surface area contributed by atoms with Gasteiger partial charge in [0.25, 0.3) is 10.0 Å². The van der Waals surface area contributed by atoms with E-state index in [1.807, 2.05) is 61.5 Å². The molecule has 1 unspecified atom stereocenters. The van der Waals surface area contributed by atoms with Gasteiger partial charge >= 0.3 is 0 Å². The van der Waals surface area contributed by atoms with Crippen LogP contribution in [0.4, 0.5) is 10.1 Å². The lowest BCUT2D eigenvalue weighted by atomic mass is 10.0. The molecule has 0 aromatic heterocycles. The first kappa shape index (κ1) is 30.5. The van der Waals surface area contributed by atoms with Crippen molar-refractivity contribution < 1.29 is 22.4 Å². The highest BCUT2D eigenvalue weighted by Gasteiger charge is 2.34. The summed E-state index contributed by atoms with van der Waals surface area (Å²) in [5, 5.41) is 2.84. The summed E-state index contributed by atoms with van der Waals surface area (Å²) in [5.74, 6) is -1.47. The summed E-state index contributed by atoms with van der Waals surface area (Å²) in [6.07, 6.45) is 0.236. The Hall–Kier alpha value is -4.50. The molecule has 42 heavy (non-hydrogen) atoms. The average Bonchev–Trinajstić information content (AvgIpc) is 2.99. The third-order valence-electron chi connectivity index (χ3n) is 6.82. The Morgan fingerprint density at radius 3 is 2.00 bits per heavy atom. The van der Waals surface area contributed by atoms with Gasteiger partial charge in [0.2, 0.25) is 11.8 Å². The zero-order valence-corrected chi connectivity index (χ0v) is 24.4. The molecule has 218 valence electrons. The van der Waals surface area contributed by atoms with E-state index in [1.165, 1.54) is 17.0 Å². The molecule has 1 N–H and O–H groups in total. The lowest BCUT2D eigenvalue weighted by Gasteiger charge is -2.33. The van der Waals surface area contributed by atoms with Gasteiger partial charge < -0.3 is 10.2 Å². The molecule has 0 aliphatic carbocycles. The van der Waals surface area contributed by atoms with E-state index in [9.17, 15) is 22.4 Å². The highest BCUT2D eigenvalue weighted by molar-refractivity contribution is 7.92. The number of nitrogens with one attached hydrogen (secondary N) is 1. The van der Waals surface area contributed by atoms with Crippen molar-refractivity contribution in [3.63, 3.8) is 0 Å². The summed E-state index contributed by atoms with van der Waals surface area (Å²) in [5.41, 5.74) is 2.96. The average molecular weight is 588 g/mol. The van der Waals surface area contributed by atoms with Gasteiger partial charge in [-0.25, -0.2) is 12.8 Å². The van der Waals surface area contributed by atoms with E-state index in [0.717, 1.165) is 33.1 Å². The van der Waals surface area contributed by atoms with Crippen LogP contribution in [0.5, 0.6) is 0 Å². The predicted molar refractivity (Wildman–Crippen MR) is 162 cm³/mol. The van der Waals surface area contributed by atoms with E-state index >= 15 is 0 Å². The molecule has 9 heteroatoms. The first-order valence-corrected chi connectivity index (χ1v) is 15.1. The number of carbonyl (C=O) groups is 2. The zero-order valence-electron chi connectivity index (χ0n) is 23.6. The number of para-hydroxylation sites is 1. The second-order valence-corrected chi connectivity index (χ2v) is 11.8. The zero-order chi connectivity index (χ0) is 30.1. The molecule has 0 saturated carbocycles. The first-order valence-electron chi connectivity index (χ1n) is 13.7. The van der Waals surface area contributed by atoms with Crippen LogP contribution in [0.2, 0.25) is 0 Å². The molecule has 0 bridgehead atoms. The van der Waals surface area contributed by atoms with Crippen molar-refractivity contribution in [1.29, 1.82) is 0 Å². The maximum absolute atomic E-state index is 14.3. The van der Waals surface area contributed by atoms with E-state index in [1.54, 1.807) is 37.3 Å². The lowest BCUT2D eigenvalue weighted by Crippen LogP contribution is -2.53. The largest absolute Gasteiger partial charge is 0.355 e. The second-order valence-electron chi connectivity index (χ2n) is 9.91. The fourth-order valence-electron chi connectivity index (χ4n) is 4.59. The first-order chi connectivity index (χ1) is 20.2. The Morgan fingerprint density at radius 2 is 1.40 bits per heavy atom. The fourth-order valence-corrected chi connectivity index (χ4v) is 6.01. The molecular weight excluding hydrogens is 553 g/mol. The molecule has 4 aromatic carbocycles. The normalized spacial score (nSPS) is 11.9. The highest BCUT2D eigenvalue weighted by Crippen LogP contribution is 2.25. The van der Waals surface area contributed by atoms with Crippen molar-refractivity contribution in [2.45, 2.75) is 37.8 Å². The summed E-state index contributed by atoms with van der Waals surface area (Å²) < 4.78 is 42.3. The predicted octanol–water partition coefficient (Wildman–Crippen LogP) is 5.11. The summed E-state index contributed by atoms with van der Waals surface area (Å²) in [7, 11) is -4.27. The number of halogens is 1. The molecule has 0 fully saturated rings. The number of likely N-dealkylation sites (N-methyl/N-ethyl adjacent to an activating group) is 1. The van der Waals surface area contributed by atoms with E-state index in [4.69, 9.17) is 0 Å². The number of benzene rings is 4. The fraction of sp³-hybridized carbons (Fsp3) is 0.212. The van der Waals surface area contributed by atoms with Crippen molar-refractivity contribution in [3.05, 3.63) is 132 Å². The monoisotopic (exact) mass is 587 g/mol. The topological polar surface area (TPSA) is 86.8 Å². The Labute approximate surface area is 246 Å². The Balaban J connectivity index is 1.77. The van der Waals surface area contributed by atoms with Crippen LogP contribution in [-0.4, -0.2) is 44.3 Å². The van der Waals surface area contributed by atoms with Gasteiger partial charge in [-0.3, -0.25) is 13.9 Å². The summed E-state index contributed by atoms with van der Waals surface area (Å²) in [6, 6.07) is 28.8. The molecule has 7 nitrogen and oxygen atoms in total. The molecule has 0 heterocycles. The number of hydrogen-bond donors (Lipinski definition) is 1. The number of amides is 2. The van der Waals surface area contributed by atoms with Crippen LogP contribution < -0.4 is 9.62 Å². The maximum Gasteiger partial charge on any atom is 0.264 e. The SMILES string of the molecule is CCNC(=O)C(Cc1ccccc1)N(Cc1ccc(C)cc1)C(=O)CN(c1ccccc1)S(=O)(=O)c1ccc(F)cc1. The summed E-state index contributed by atoms with van der Waals surface area (Å²) >= 11 is 0. The Bertz CT molecular complexity index is 1580. The van der Waals surface area contributed by atoms with Crippen LogP contribution in [0.3, 0.4) is 0 Å². The van der Waals surface area contributed by atoms with Crippen molar-refractivity contribution >= 4 is 27.5 Å². The Morgan fingerprint density at radius 1 is 0.810 bits per heavy atom. The standard InChI is InChI=1S/C33H34FN3O4S/c1-3-35-33(39)31(22-26-10-6-4-7-11-26)36(23-27-16-14-25(2)15-17-27)32(38)24-37(29-12-8-5-9-13-29)42(40,41)30-20-18-28(34)19-21-30/h4-21,31H,3,22-24H2,1-2H3,(H,35,39). The second kappa shape index (κ2) is 13.9. The van der Waals surface area contributed by atoms with Gasteiger partial charge in [0, 0.05) is 19.5 Å². The van der Waals surface area contributed by atoms with Crippen molar-refractivity contribution in [2.24, 2.45) is 0 Å². The number of hydrogen-bond acceptors (Lipinski definition) is 4. The number of sulfonamides is 1. The van der Waals surface area contributed by atoms with Gasteiger partial charge in [-0.05, 0) is 61.4 Å². The number of aryl methyl sites for hydroxylation is 1. The van der Waals surface area contributed by atoms with Gasteiger partial charge in [0.1, 0.15) is 18.4 Å². The van der Waals surface area contributed by atoms with Crippen LogP contribution in [0.25, 0.3) is 0 Å². The number of nitrogens with zero attached hydrogens (tertiary/aromatic N) is 2. The maximum atomic E-state index is 14.3. The van der Waals surface area contributed by atoms with Gasteiger partial charge in [0.05, 0.1) is 10.6 Å². The molecule has 1 atom stereocenters. The van der Waals surface area contributed by atoms with Crippen LogP contribution in [0.1, 0.15) is 23.6 Å². The van der Waals surface area contributed by atoms with Crippen molar-refractivity contribution in [3.8, 4) is 0 Å². The quantitative estimate of drug-likeness (QED) is 0.250. The molecule has 2 amide bonds. The number of anilines is 1. The third kappa shape index (κ3) is 7.61. The van der Waals surface area contributed by atoms with Crippen LogP contribution in [0.15, 0.2) is 114 Å². The smallest absolute Gasteiger partial charge is 0.264 e. The molecule has 4 aromatic rings. The lowest BCUT2D eigenvalue weighted by molar-refractivity contribution is -0.140. The van der Waals surface area contributed by atoms with Gasteiger partial charge in [-0.2, -0.15) is 0 Å². The number of rotatable bonds is 12. The summed E-state index contributed by atoms with van der Waals surface area (Å²) in [6.45, 7) is 3.65.